The van der Waals surface area contributed by atoms with E-state index in [0.717, 1.165) is 11.6 Å². The van der Waals surface area contributed by atoms with Crippen LogP contribution in [0.5, 0.6) is 0 Å². The highest BCUT2D eigenvalue weighted by atomic mass is 16.6. The summed E-state index contributed by atoms with van der Waals surface area (Å²) < 4.78 is 10.6. The number of esters is 1. The first-order valence-electron chi connectivity index (χ1n) is 5.82. The topological polar surface area (TPSA) is 35.5 Å². The molecule has 1 atom stereocenters. The molecule has 1 aromatic rings. The van der Waals surface area contributed by atoms with E-state index < -0.39 is 5.97 Å². The molecule has 0 spiro atoms. The molecule has 0 heterocycles. The molecule has 18 heavy (non-hydrogen) atoms. The molecular formula is C15H18O3. The summed E-state index contributed by atoms with van der Waals surface area (Å²) in [6.45, 7) is 7.84. The van der Waals surface area contributed by atoms with Crippen molar-refractivity contribution in [3.05, 3.63) is 61.2 Å². The van der Waals surface area contributed by atoms with E-state index in [-0.39, 0.29) is 6.10 Å². The van der Waals surface area contributed by atoms with Crippen LogP contribution in [0.2, 0.25) is 0 Å². The second-order valence-electron chi connectivity index (χ2n) is 3.79. The summed E-state index contributed by atoms with van der Waals surface area (Å²) in [5.41, 5.74) is 1.09. The maximum absolute atomic E-state index is 11.1. The number of carbonyl (C=O) groups excluding carboxylic acids is 1. The molecule has 0 amide bonds. The molecule has 0 fully saturated rings. The smallest absolute Gasteiger partial charge is 0.330 e. The van der Waals surface area contributed by atoms with Gasteiger partial charge in [0, 0.05) is 12.5 Å². The van der Waals surface area contributed by atoms with Gasteiger partial charge in [-0.25, -0.2) is 4.79 Å². The molecule has 0 radical (unpaired) electrons. The van der Waals surface area contributed by atoms with E-state index in [0.29, 0.717) is 19.6 Å². The largest absolute Gasteiger partial charge is 0.456 e. The minimum atomic E-state index is -0.440. The van der Waals surface area contributed by atoms with Gasteiger partial charge in [-0.2, -0.15) is 0 Å². The molecule has 0 saturated carbocycles. The van der Waals surface area contributed by atoms with Gasteiger partial charge in [0.25, 0.3) is 0 Å². The van der Waals surface area contributed by atoms with Gasteiger partial charge in [0.1, 0.15) is 6.10 Å². The van der Waals surface area contributed by atoms with Gasteiger partial charge in [0.05, 0.1) is 13.2 Å². The second kappa shape index (κ2) is 8.25. The zero-order valence-electron chi connectivity index (χ0n) is 10.4. The van der Waals surface area contributed by atoms with E-state index in [1.165, 1.54) is 0 Å². The number of rotatable bonds is 8. The fraction of sp³-hybridized carbons (Fsp3) is 0.267. The Morgan fingerprint density at radius 1 is 1.28 bits per heavy atom. The van der Waals surface area contributed by atoms with Gasteiger partial charge < -0.3 is 9.47 Å². The SMILES string of the molecule is C=CC[C@@H](COCc1ccccc1)OC(=O)C=C. The normalized spacial score (nSPS) is 11.6. The maximum atomic E-state index is 11.1. The van der Waals surface area contributed by atoms with Gasteiger partial charge in [-0.05, 0) is 5.56 Å². The summed E-state index contributed by atoms with van der Waals surface area (Å²) >= 11 is 0. The van der Waals surface area contributed by atoms with Gasteiger partial charge in [0.2, 0.25) is 0 Å². The predicted octanol–water partition coefficient (Wildman–Crippen LogP) is 2.88. The maximum Gasteiger partial charge on any atom is 0.330 e. The van der Waals surface area contributed by atoms with Crippen LogP contribution in [0, 0.1) is 0 Å². The van der Waals surface area contributed by atoms with E-state index in [1.54, 1.807) is 6.08 Å². The number of hydrogen-bond donors (Lipinski definition) is 0. The zero-order chi connectivity index (χ0) is 13.2. The lowest BCUT2D eigenvalue weighted by Crippen LogP contribution is -2.22. The first-order valence-corrected chi connectivity index (χ1v) is 5.82. The summed E-state index contributed by atoms with van der Waals surface area (Å²) in [4.78, 5) is 11.1. The van der Waals surface area contributed by atoms with Crippen molar-refractivity contribution in [2.75, 3.05) is 6.61 Å². The molecule has 3 nitrogen and oxygen atoms in total. The lowest BCUT2D eigenvalue weighted by atomic mass is 10.2. The summed E-state index contributed by atoms with van der Waals surface area (Å²) in [5, 5.41) is 0. The van der Waals surface area contributed by atoms with Crippen molar-refractivity contribution in [1.82, 2.24) is 0 Å². The number of carbonyl (C=O) groups is 1. The van der Waals surface area contributed by atoms with Crippen LogP contribution >= 0.6 is 0 Å². The summed E-state index contributed by atoms with van der Waals surface area (Å²) in [6, 6.07) is 9.84. The third-order valence-corrected chi connectivity index (χ3v) is 2.29. The van der Waals surface area contributed by atoms with E-state index in [2.05, 4.69) is 13.2 Å². The zero-order valence-corrected chi connectivity index (χ0v) is 10.4. The van der Waals surface area contributed by atoms with Crippen molar-refractivity contribution in [2.45, 2.75) is 19.1 Å². The molecule has 0 aromatic heterocycles. The predicted molar refractivity (Wildman–Crippen MR) is 71.0 cm³/mol. The van der Waals surface area contributed by atoms with E-state index >= 15 is 0 Å². The summed E-state index contributed by atoms with van der Waals surface area (Å²) in [5.74, 6) is -0.440. The monoisotopic (exact) mass is 246 g/mol. The third-order valence-electron chi connectivity index (χ3n) is 2.29. The Balaban J connectivity index is 2.35. The van der Waals surface area contributed by atoms with Gasteiger partial charge in [0.15, 0.2) is 0 Å². The second-order valence-corrected chi connectivity index (χ2v) is 3.79. The molecular weight excluding hydrogens is 228 g/mol. The highest BCUT2D eigenvalue weighted by Crippen LogP contribution is 2.05. The molecule has 1 aromatic carbocycles. The molecule has 96 valence electrons. The van der Waals surface area contributed by atoms with Crippen LogP contribution < -0.4 is 0 Å². The standard InChI is InChI=1S/C15H18O3/c1-3-8-14(18-15(16)4-2)12-17-11-13-9-6-5-7-10-13/h3-7,9-10,14H,1-2,8,11-12H2/t14-/m0/s1. The van der Waals surface area contributed by atoms with E-state index in [9.17, 15) is 4.79 Å². The Hall–Kier alpha value is -1.87. The molecule has 1 rings (SSSR count). The average Bonchev–Trinajstić information content (AvgIpc) is 2.40. The fourth-order valence-corrected chi connectivity index (χ4v) is 1.43. The Morgan fingerprint density at radius 3 is 2.61 bits per heavy atom. The first kappa shape index (κ1) is 14.2. The Labute approximate surface area is 108 Å². The van der Waals surface area contributed by atoms with Crippen LogP contribution in [-0.4, -0.2) is 18.7 Å². The molecule has 0 unspecified atom stereocenters. The number of ether oxygens (including phenoxy) is 2. The first-order chi connectivity index (χ1) is 8.76. The van der Waals surface area contributed by atoms with Crippen molar-refractivity contribution in [1.29, 1.82) is 0 Å². The quantitative estimate of drug-likeness (QED) is 0.402. The van der Waals surface area contributed by atoms with Crippen molar-refractivity contribution >= 4 is 5.97 Å². The molecule has 0 saturated heterocycles. The summed E-state index contributed by atoms with van der Waals surface area (Å²) in [7, 11) is 0. The van der Waals surface area contributed by atoms with Gasteiger partial charge in [-0.3, -0.25) is 0 Å². The van der Waals surface area contributed by atoms with Gasteiger partial charge >= 0.3 is 5.97 Å². The van der Waals surface area contributed by atoms with Gasteiger partial charge in [-0.1, -0.05) is 43.0 Å². The average molecular weight is 246 g/mol. The van der Waals surface area contributed by atoms with Crippen LogP contribution in [0.4, 0.5) is 0 Å². The van der Waals surface area contributed by atoms with Gasteiger partial charge in [-0.15, -0.1) is 6.58 Å². The van der Waals surface area contributed by atoms with Crippen LogP contribution in [-0.2, 0) is 20.9 Å². The Morgan fingerprint density at radius 2 is 2.00 bits per heavy atom. The minimum Gasteiger partial charge on any atom is -0.456 e. The van der Waals surface area contributed by atoms with Crippen molar-refractivity contribution < 1.29 is 14.3 Å². The van der Waals surface area contributed by atoms with Crippen LogP contribution in [0.25, 0.3) is 0 Å². The van der Waals surface area contributed by atoms with E-state index in [1.807, 2.05) is 30.3 Å². The number of hydrogen-bond acceptors (Lipinski definition) is 3. The van der Waals surface area contributed by atoms with Crippen molar-refractivity contribution in [2.24, 2.45) is 0 Å². The molecule has 0 aliphatic carbocycles. The molecule has 0 bridgehead atoms. The molecule has 0 N–H and O–H groups in total. The Bertz CT molecular complexity index is 384. The highest BCUT2D eigenvalue weighted by Gasteiger charge is 2.11. The van der Waals surface area contributed by atoms with Crippen molar-refractivity contribution in [3.8, 4) is 0 Å². The van der Waals surface area contributed by atoms with Crippen LogP contribution in [0.3, 0.4) is 0 Å². The minimum absolute atomic E-state index is 0.309. The highest BCUT2D eigenvalue weighted by molar-refractivity contribution is 5.81. The fourth-order valence-electron chi connectivity index (χ4n) is 1.43. The Kier molecular flexibility index (Phi) is 6.51. The lowest BCUT2D eigenvalue weighted by Gasteiger charge is -2.15. The number of benzene rings is 1. The third kappa shape index (κ3) is 5.46. The summed E-state index contributed by atoms with van der Waals surface area (Å²) in [6.07, 6.45) is 3.10. The molecule has 0 aliphatic rings. The van der Waals surface area contributed by atoms with E-state index in [4.69, 9.17) is 9.47 Å². The lowest BCUT2D eigenvalue weighted by molar-refractivity contribution is -0.146. The molecule has 3 heteroatoms. The van der Waals surface area contributed by atoms with Crippen molar-refractivity contribution in [3.63, 3.8) is 0 Å². The van der Waals surface area contributed by atoms with Crippen LogP contribution in [0.1, 0.15) is 12.0 Å². The van der Waals surface area contributed by atoms with Crippen LogP contribution in [0.15, 0.2) is 55.6 Å². The molecule has 0 aliphatic heterocycles.